The average Bonchev–Trinajstić information content (AvgIpc) is 2.47. The lowest BCUT2D eigenvalue weighted by Crippen LogP contribution is -2.51. The number of benzene rings is 1. The predicted octanol–water partition coefficient (Wildman–Crippen LogP) is 3.75. The number of hydrogen-bond acceptors (Lipinski definition) is 2. The van der Waals surface area contributed by atoms with E-state index in [1.807, 2.05) is 19.1 Å². The van der Waals surface area contributed by atoms with E-state index in [0.29, 0.717) is 12.5 Å². The van der Waals surface area contributed by atoms with Gasteiger partial charge in [-0.15, -0.1) is 0 Å². The first-order chi connectivity index (χ1) is 9.47. The molecule has 1 aromatic carbocycles. The van der Waals surface area contributed by atoms with Gasteiger partial charge in [-0.05, 0) is 43.7 Å². The molecule has 0 radical (unpaired) electrons. The molecule has 0 saturated heterocycles. The quantitative estimate of drug-likeness (QED) is 0.879. The third-order valence-electron chi connectivity index (χ3n) is 5.62. The van der Waals surface area contributed by atoms with Crippen LogP contribution in [-0.2, 0) is 5.60 Å². The molecule has 0 amide bonds. The van der Waals surface area contributed by atoms with Gasteiger partial charge in [-0.1, -0.05) is 50.5 Å². The Balaban J connectivity index is 2.41. The van der Waals surface area contributed by atoms with Gasteiger partial charge in [0.05, 0.1) is 5.60 Å². The average molecular weight is 275 g/mol. The van der Waals surface area contributed by atoms with Crippen LogP contribution in [0.3, 0.4) is 0 Å². The van der Waals surface area contributed by atoms with E-state index in [4.69, 9.17) is 5.73 Å². The Kier molecular flexibility index (Phi) is 4.55. The Morgan fingerprint density at radius 2 is 2.10 bits per heavy atom. The molecule has 1 saturated carbocycles. The molecule has 3 unspecified atom stereocenters. The zero-order valence-electron chi connectivity index (χ0n) is 13.2. The van der Waals surface area contributed by atoms with Crippen molar-refractivity contribution in [3.05, 3.63) is 35.4 Å². The van der Waals surface area contributed by atoms with Crippen molar-refractivity contribution < 1.29 is 5.11 Å². The number of aliphatic hydroxyl groups is 1. The Morgan fingerprint density at radius 1 is 1.40 bits per heavy atom. The van der Waals surface area contributed by atoms with E-state index in [-0.39, 0.29) is 5.41 Å². The second-order valence-electron chi connectivity index (χ2n) is 6.74. The summed E-state index contributed by atoms with van der Waals surface area (Å²) >= 11 is 0. The van der Waals surface area contributed by atoms with Crippen LogP contribution in [0.25, 0.3) is 0 Å². The molecule has 3 N–H and O–H groups in total. The molecular formula is C18H29NO. The standard InChI is InChI=1S/C18H29NO/c1-4-15-9-7-11-18(12-15,13-19)17(3,20)16-10-6-5-8-14(16)2/h5-6,8,10,15,20H,4,7,9,11-13,19H2,1-3H3. The molecule has 3 atom stereocenters. The van der Waals surface area contributed by atoms with Gasteiger partial charge in [0, 0.05) is 12.0 Å². The normalized spacial score (nSPS) is 29.9. The van der Waals surface area contributed by atoms with Crippen molar-refractivity contribution in [3.63, 3.8) is 0 Å². The van der Waals surface area contributed by atoms with Crippen molar-refractivity contribution in [2.45, 2.75) is 58.5 Å². The summed E-state index contributed by atoms with van der Waals surface area (Å²) in [7, 11) is 0. The SMILES string of the molecule is CCC1CCCC(CN)(C(C)(O)c2ccccc2C)C1. The monoisotopic (exact) mass is 275 g/mol. The number of rotatable bonds is 4. The minimum absolute atomic E-state index is 0.183. The van der Waals surface area contributed by atoms with Crippen molar-refractivity contribution in [1.82, 2.24) is 0 Å². The van der Waals surface area contributed by atoms with Crippen LogP contribution in [0.4, 0.5) is 0 Å². The lowest BCUT2D eigenvalue weighted by molar-refractivity contribution is -0.103. The summed E-state index contributed by atoms with van der Waals surface area (Å²) in [6.07, 6.45) is 5.72. The molecule has 0 bridgehead atoms. The van der Waals surface area contributed by atoms with Crippen LogP contribution < -0.4 is 5.73 Å². The lowest BCUT2D eigenvalue weighted by atomic mass is 9.58. The van der Waals surface area contributed by atoms with Crippen molar-refractivity contribution in [3.8, 4) is 0 Å². The minimum atomic E-state index is -0.846. The molecule has 1 aliphatic rings. The van der Waals surface area contributed by atoms with Gasteiger partial charge in [0.25, 0.3) is 0 Å². The highest BCUT2D eigenvalue weighted by Crippen LogP contribution is 2.51. The van der Waals surface area contributed by atoms with Crippen LogP contribution in [0.2, 0.25) is 0 Å². The first-order valence-electron chi connectivity index (χ1n) is 7.95. The summed E-state index contributed by atoms with van der Waals surface area (Å²) in [6, 6.07) is 8.18. The second-order valence-corrected chi connectivity index (χ2v) is 6.74. The van der Waals surface area contributed by atoms with E-state index in [1.54, 1.807) is 0 Å². The van der Waals surface area contributed by atoms with Crippen molar-refractivity contribution in [2.24, 2.45) is 17.1 Å². The number of nitrogens with two attached hydrogens (primary N) is 1. The maximum absolute atomic E-state index is 11.4. The maximum Gasteiger partial charge on any atom is 0.0939 e. The molecule has 2 heteroatoms. The van der Waals surface area contributed by atoms with E-state index in [2.05, 4.69) is 26.0 Å². The van der Waals surface area contributed by atoms with E-state index >= 15 is 0 Å². The number of hydrogen-bond donors (Lipinski definition) is 2. The molecule has 0 spiro atoms. The minimum Gasteiger partial charge on any atom is -0.385 e. The topological polar surface area (TPSA) is 46.2 Å². The highest BCUT2D eigenvalue weighted by Gasteiger charge is 2.49. The zero-order chi connectivity index (χ0) is 14.8. The smallest absolute Gasteiger partial charge is 0.0939 e. The van der Waals surface area contributed by atoms with Crippen LogP contribution in [0, 0.1) is 18.3 Å². The summed E-state index contributed by atoms with van der Waals surface area (Å²) in [6.45, 7) is 6.86. The first-order valence-corrected chi connectivity index (χ1v) is 7.95. The fraction of sp³-hybridized carbons (Fsp3) is 0.667. The number of aryl methyl sites for hydroxylation is 1. The van der Waals surface area contributed by atoms with E-state index in [0.717, 1.165) is 24.0 Å². The van der Waals surface area contributed by atoms with Crippen LogP contribution in [-0.4, -0.2) is 11.7 Å². The van der Waals surface area contributed by atoms with Crippen LogP contribution >= 0.6 is 0 Å². The second kappa shape index (κ2) is 5.87. The van der Waals surface area contributed by atoms with E-state index in [9.17, 15) is 5.11 Å². The van der Waals surface area contributed by atoms with Gasteiger partial charge >= 0.3 is 0 Å². The third-order valence-corrected chi connectivity index (χ3v) is 5.62. The summed E-state index contributed by atoms with van der Waals surface area (Å²) in [5, 5.41) is 11.4. The molecule has 2 nitrogen and oxygen atoms in total. The van der Waals surface area contributed by atoms with Crippen molar-refractivity contribution >= 4 is 0 Å². The molecular weight excluding hydrogens is 246 g/mol. The zero-order valence-corrected chi connectivity index (χ0v) is 13.2. The van der Waals surface area contributed by atoms with Crippen LogP contribution in [0.15, 0.2) is 24.3 Å². The molecule has 1 aromatic rings. The Bertz CT molecular complexity index is 454. The van der Waals surface area contributed by atoms with Crippen molar-refractivity contribution in [1.29, 1.82) is 0 Å². The highest BCUT2D eigenvalue weighted by atomic mass is 16.3. The van der Waals surface area contributed by atoms with Crippen LogP contribution in [0.5, 0.6) is 0 Å². The Labute approximate surface area is 123 Å². The van der Waals surface area contributed by atoms with Crippen LogP contribution in [0.1, 0.15) is 57.1 Å². The van der Waals surface area contributed by atoms with Gasteiger partial charge in [0.1, 0.15) is 0 Å². The molecule has 2 rings (SSSR count). The molecule has 1 fully saturated rings. The molecule has 0 heterocycles. The third kappa shape index (κ3) is 2.51. The van der Waals surface area contributed by atoms with Gasteiger partial charge in [-0.2, -0.15) is 0 Å². The van der Waals surface area contributed by atoms with E-state index in [1.165, 1.54) is 19.3 Å². The van der Waals surface area contributed by atoms with Gasteiger partial charge in [-0.3, -0.25) is 0 Å². The first kappa shape index (κ1) is 15.5. The van der Waals surface area contributed by atoms with Gasteiger partial charge in [-0.25, -0.2) is 0 Å². The summed E-state index contributed by atoms with van der Waals surface area (Å²) < 4.78 is 0. The fourth-order valence-corrected chi connectivity index (χ4v) is 4.07. The molecule has 0 aliphatic heterocycles. The molecule has 20 heavy (non-hydrogen) atoms. The Hall–Kier alpha value is -0.860. The highest BCUT2D eigenvalue weighted by molar-refractivity contribution is 5.33. The molecule has 112 valence electrons. The molecule has 1 aliphatic carbocycles. The fourth-order valence-electron chi connectivity index (χ4n) is 4.07. The predicted molar refractivity (Wildman–Crippen MR) is 84.5 cm³/mol. The van der Waals surface area contributed by atoms with E-state index < -0.39 is 5.60 Å². The van der Waals surface area contributed by atoms with Gasteiger partial charge in [0.2, 0.25) is 0 Å². The molecule has 0 aromatic heterocycles. The van der Waals surface area contributed by atoms with Gasteiger partial charge < -0.3 is 10.8 Å². The lowest BCUT2D eigenvalue weighted by Gasteiger charge is -2.50. The summed E-state index contributed by atoms with van der Waals surface area (Å²) in [5.41, 5.74) is 7.34. The maximum atomic E-state index is 11.4. The summed E-state index contributed by atoms with van der Waals surface area (Å²) in [5.74, 6) is 0.697. The van der Waals surface area contributed by atoms with Gasteiger partial charge in [0.15, 0.2) is 0 Å². The Morgan fingerprint density at radius 3 is 2.70 bits per heavy atom. The largest absolute Gasteiger partial charge is 0.385 e. The summed E-state index contributed by atoms with van der Waals surface area (Å²) in [4.78, 5) is 0. The van der Waals surface area contributed by atoms with Crippen molar-refractivity contribution in [2.75, 3.05) is 6.54 Å².